The summed E-state index contributed by atoms with van der Waals surface area (Å²) in [7, 11) is -3.67. The number of aromatic nitrogens is 4. The summed E-state index contributed by atoms with van der Waals surface area (Å²) >= 11 is 0. The lowest BCUT2D eigenvalue weighted by atomic mass is 10.1. The van der Waals surface area contributed by atoms with Crippen LogP contribution in [-0.2, 0) is 23.1 Å². The lowest BCUT2D eigenvalue weighted by Crippen LogP contribution is -2.32. The van der Waals surface area contributed by atoms with E-state index in [2.05, 4.69) is 32.0 Å². The van der Waals surface area contributed by atoms with Gasteiger partial charge in [0.05, 0.1) is 12.6 Å². The van der Waals surface area contributed by atoms with Gasteiger partial charge in [-0.1, -0.05) is 13.3 Å². The van der Waals surface area contributed by atoms with E-state index >= 15 is 0 Å². The predicted octanol–water partition coefficient (Wildman–Crippen LogP) is 1.44. The molecule has 2 atom stereocenters. The lowest BCUT2D eigenvalue weighted by molar-refractivity contribution is 0.134. The molecule has 0 radical (unpaired) electrons. The van der Waals surface area contributed by atoms with Gasteiger partial charge in [0.1, 0.15) is 22.9 Å². The Hall–Kier alpha value is -2.04. The first-order chi connectivity index (χ1) is 13.4. The topological polar surface area (TPSA) is 122 Å². The molecule has 2 aromatic heterocycles. The maximum absolute atomic E-state index is 12.6. The van der Waals surface area contributed by atoms with Crippen LogP contribution in [0.5, 0.6) is 0 Å². The average Bonchev–Trinajstić information content (AvgIpc) is 3.27. The quantitative estimate of drug-likeness (QED) is 0.574. The standard InChI is InChI=1S/C18H28N6O3S/c1-3-7-24-18(21-12-22-24)11-20-17-8-13(2)16(10-19-17)28(26,27)23-9-14-5-4-6-15(14)25/h8,10,12,14-15,23,25H,3-7,9,11H2,1-2H3,(H,19,20)/t14-,15-/m1/s1. The molecule has 154 valence electrons. The molecule has 1 aliphatic carbocycles. The van der Waals surface area contributed by atoms with Gasteiger partial charge in [-0.05, 0) is 43.7 Å². The Bertz CT molecular complexity index is 898. The zero-order chi connectivity index (χ0) is 20.1. The van der Waals surface area contributed by atoms with Crippen molar-refractivity contribution in [2.24, 2.45) is 5.92 Å². The molecule has 1 saturated carbocycles. The number of sulfonamides is 1. The first kappa shape index (κ1) is 20.7. The van der Waals surface area contributed by atoms with Crippen LogP contribution in [0.25, 0.3) is 0 Å². The van der Waals surface area contributed by atoms with Crippen molar-refractivity contribution in [2.75, 3.05) is 11.9 Å². The number of pyridine rings is 1. The average molecular weight is 409 g/mol. The fourth-order valence-electron chi connectivity index (χ4n) is 3.46. The van der Waals surface area contributed by atoms with Crippen LogP contribution in [0.3, 0.4) is 0 Å². The van der Waals surface area contributed by atoms with Crippen molar-refractivity contribution in [1.29, 1.82) is 0 Å². The molecule has 3 N–H and O–H groups in total. The molecule has 1 fully saturated rings. The number of hydrogen-bond acceptors (Lipinski definition) is 7. The third kappa shape index (κ3) is 4.86. The molecule has 3 rings (SSSR count). The Balaban J connectivity index is 1.63. The van der Waals surface area contributed by atoms with E-state index in [0.717, 1.165) is 38.1 Å². The van der Waals surface area contributed by atoms with Crippen molar-refractivity contribution in [1.82, 2.24) is 24.5 Å². The van der Waals surface area contributed by atoms with Crippen molar-refractivity contribution >= 4 is 15.8 Å². The Morgan fingerprint density at radius 1 is 1.32 bits per heavy atom. The maximum atomic E-state index is 12.6. The van der Waals surface area contributed by atoms with Crippen LogP contribution in [0.15, 0.2) is 23.5 Å². The molecule has 28 heavy (non-hydrogen) atoms. The second-order valence-corrected chi connectivity index (χ2v) is 8.93. The summed E-state index contributed by atoms with van der Waals surface area (Å²) in [5.74, 6) is 1.35. The van der Waals surface area contributed by atoms with Gasteiger partial charge < -0.3 is 10.4 Å². The molecule has 0 saturated heterocycles. The van der Waals surface area contributed by atoms with Gasteiger partial charge in [-0.2, -0.15) is 5.10 Å². The normalized spacial score (nSPS) is 19.8. The van der Waals surface area contributed by atoms with E-state index in [4.69, 9.17) is 0 Å². The maximum Gasteiger partial charge on any atom is 0.242 e. The van der Waals surface area contributed by atoms with E-state index in [1.165, 1.54) is 12.5 Å². The van der Waals surface area contributed by atoms with Crippen molar-refractivity contribution in [3.8, 4) is 0 Å². The number of nitrogens with one attached hydrogen (secondary N) is 2. The molecule has 10 heteroatoms. The van der Waals surface area contributed by atoms with Crippen LogP contribution in [0.4, 0.5) is 5.82 Å². The Morgan fingerprint density at radius 2 is 2.14 bits per heavy atom. The van der Waals surface area contributed by atoms with Gasteiger partial charge in [-0.25, -0.2) is 27.8 Å². The van der Waals surface area contributed by atoms with E-state index in [1.54, 1.807) is 13.0 Å². The Kier molecular flexibility index (Phi) is 6.63. The second-order valence-electron chi connectivity index (χ2n) is 7.20. The predicted molar refractivity (Wildman–Crippen MR) is 105 cm³/mol. The van der Waals surface area contributed by atoms with Gasteiger partial charge in [-0.3, -0.25) is 0 Å². The highest BCUT2D eigenvalue weighted by Gasteiger charge is 2.27. The molecule has 0 bridgehead atoms. The molecule has 9 nitrogen and oxygen atoms in total. The van der Waals surface area contributed by atoms with Crippen LogP contribution in [0.2, 0.25) is 0 Å². The van der Waals surface area contributed by atoms with E-state index in [9.17, 15) is 13.5 Å². The number of aliphatic hydroxyl groups excluding tert-OH is 1. The second kappa shape index (κ2) is 8.97. The summed E-state index contributed by atoms with van der Waals surface area (Å²) < 4.78 is 29.7. The molecule has 1 aliphatic rings. The summed E-state index contributed by atoms with van der Waals surface area (Å²) in [4.78, 5) is 8.62. The van der Waals surface area contributed by atoms with Crippen LogP contribution >= 0.6 is 0 Å². The van der Waals surface area contributed by atoms with Crippen molar-refractivity contribution in [2.45, 2.75) is 63.6 Å². The molecule has 0 unspecified atom stereocenters. The third-order valence-electron chi connectivity index (χ3n) is 5.07. The molecule has 0 spiro atoms. The number of rotatable bonds is 9. The van der Waals surface area contributed by atoms with Crippen LogP contribution in [0, 0.1) is 12.8 Å². The van der Waals surface area contributed by atoms with Crippen LogP contribution in [0.1, 0.15) is 44.0 Å². The molecule has 0 aromatic carbocycles. The van der Waals surface area contributed by atoms with E-state index in [-0.39, 0.29) is 17.4 Å². The molecule has 2 aromatic rings. The number of hydrogen-bond donors (Lipinski definition) is 3. The molecule has 2 heterocycles. The highest BCUT2D eigenvalue weighted by Crippen LogP contribution is 2.25. The number of aryl methyl sites for hydroxylation is 2. The molecular formula is C18H28N6O3S. The summed E-state index contributed by atoms with van der Waals surface area (Å²) in [6, 6.07) is 1.71. The van der Waals surface area contributed by atoms with Crippen LogP contribution < -0.4 is 10.0 Å². The minimum Gasteiger partial charge on any atom is -0.393 e. The third-order valence-corrected chi connectivity index (χ3v) is 6.62. The highest BCUT2D eigenvalue weighted by molar-refractivity contribution is 7.89. The summed E-state index contributed by atoms with van der Waals surface area (Å²) in [5, 5.41) is 17.2. The fourth-order valence-corrected chi connectivity index (χ4v) is 4.73. The summed E-state index contributed by atoms with van der Waals surface area (Å²) in [6.07, 6.45) is 5.93. The van der Waals surface area contributed by atoms with E-state index in [1.807, 2.05) is 4.68 Å². The number of nitrogens with zero attached hydrogens (tertiary/aromatic N) is 4. The molecule has 0 aliphatic heterocycles. The molecule has 0 amide bonds. The minimum absolute atomic E-state index is 0.0237. The molecular weight excluding hydrogens is 380 g/mol. The summed E-state index contributed by atoms with van der Waals surface area (Å²) in [6.45, 7) is 5.31. The fraction of sp³-hybridized carbons (Fsp3) is 0.611. The lowest BCUT2D eigenvalue weighted by Gasteiger charge is -2.16. The monoisotopic (exact) mass is 408 g/mol. The number of anilines is 1. The Morgan fingerprint density at radius 3 is 2.82 bits per heavy atom. The van der Waals surface area contributed by atoms with Crippen molar-refractivity contribution in [3.63, 3.8) is 0 Å². The summed E-state index contributed by atoms with van der Waals surface area (Å²) in [5.41, 5.74) is 0.604. The van der Waals surface area contributed by atoms with Gasteiger partial charge in [0, 0.05) is 19.3 Å². The first-order valence-corrected chi connectivity index (χ1v) is 11.1. The van der Waals surface area contributed by atoms with E-state index < -0.39 is 16.1 Å². The van der Waals surface area contributed by atoms with Crippen molar-refractivity contribution in [3.05, 3.63) is 30.0 Å². The van der Waals surface area contributed by atoms with Gasteiger partial charge in [-0.15, -0.1) is 0 Å². The van der Waals surface area contributed by atoms with Gasteiger partial charge in [0.15, 0.2) is 0 Å². The number of aliphatic hydroxyl groups is 1. The zero-order valence-electron chi connectivity index (χ0n) is 16.3. The SMILES string of the molecule is CCCn1ncnc1CNc1cc(C)c(S(=O)(=O)NC[C@H]2CCC[C@H]2O)cn1. The van der Waals surface area contributed by atoms with E-state index in [0.29, 0.717) is 17.9 Å². The Labute approximate surface area is 165 Å². The smallest absolute Gasteiger partial charge is 0.242 e. The minimum atomic E-state index is -3.67. The largest absolute Gasteiger partial charge is 0.393 e. The van der Waals surface area contributed by atoms with Gasteiger partial charge in [0.2, 0.25) is 10.0 Å². The van der Waals surface area contributed by atoms with Gasteiger partial charge >= 0.3 is 0 Å². The van der Waals surface area contributed by atoms with Crippen molar-refractivity contribution < 1.29 is 13.5 Å². The van der Waals surface area contributed by atoms with Gasteiger partial charge in [0.25, 0.3) is 0 Å². The highest BCUT2D eigenvalue weighted by atomic mass is 32.2. The zero-order valence-corrected chi connectivity index (χ0v) is 17.1. The van der Waals surface area contributed by atoms with Crippen LogP contribution in [-0.4, -0.2) is 45.9 Å². The first-order valence-electron chi connectivity index (χ1n) is 9.65.